The summed E-state index contributed by atoms with van der Waals surface area (Å²) >= 11 is 1.49. The zero-order valence-corrected chi connectivity index (χ0v) is 17.4. The van der Waals surface area contributed by atoms with Crippen LogP contribution in [-0.2, 0) is 17.6 Å². The highest BCUT2D eigenvalue weighted by Gasteiger charge is 2.20. The maximum absolute atomic E-state index is 13.4. The summed E-state index contributed by atoms with van der Waals surface area (Å²) in [6, 6.07) is 11.3. The van der Waals surface area contributed by atoms with E-state index in [9.17, 15) is 9.59 Å². The average molecular weight is 407 g/mol. The molecule has 0 saturated heterocycles. The summed E-state index contributed by atoms with van der Waals surface area (Å²) in [7, 11) is 0. The third-order valence-corrected chi connectivity index (χ3v) is 5.92. The summed E-state index contributed by atoms with van der Waals surface area (Å²) in [5.41, 5.74) is 2.50. The van der Waals surface area contributed by atoms with E-state index in [2.05, 4.69) is 4.98 Å². The molecule has 6 heteroatoms. The Morgan fingerprint density at radius 2 is 1.93 bits per heavy atom. The average Bonchev–Trinajstić information content (AvgIpc) is 3.16. The minimum Gasteiger partial charge on any atom is -0.460 e. The van der Waals surface area contributed by atoms with Gasteiger partial charge < -0.3 is 9.15 Å². The van der Waals surface area contributed by atoms with E-state index in [0.717, 1.165) is 15.8 Å². The second kappa shape index (κ2) is 7.79. The number of aromatic nitrogens is 1. The van der Waals surface area contributed by atoms with Gasteiger partial charge in [-0.1, -0.05) is 32.9 Å². The molecule has 4 aromatic rings. The third kappa shape index (κ3) is 3.44. The van der Waals surface area contributed by atoms with Crippen LogP contribution < -0.4 is 10.2 Å². The molecular weight excluding hydrogens is 386 g/mol. The summed E-state index contributed by atoms with van der Waals surface area (Å²) in [6.45, 7) is 5.65. The molecular formula is C23H21NO4S. The molecule has 0 unspecified atom stereocenters. The van der Waals surface area contributed by atoms with Crippen molar-refractivity contribution >= 4 is 38.5 Å². The monoisotopic (exact) mass is 407 g/mol. The Morgan fingerprint density at radius 1 is 1.14 bits per heavy atom. The number of fused-ring (bicyclic) bond motifs is 2. The number of benzene rings is 2. The predicted molar refractivity (Wildman–Crippen MR) is 116 cm³/mol. The number of hydrogen-bond acceptors (Lipinski definition) is 6. The first-order valence-electron chi connectivity index (χ1n) is 9.74. The molecule has 0 atom stereocenters. The number of carbonyl (C=O) groups excluding carboxylic acids is 1. The number of rotatable bonds is 5. The fourth-order valence-corrected chi connectivity index (χ4v) is 4.35. The van der Waals surface area contributed by atoms with Gasteiger partial charge in [-0.25, -0.2) is 4.98 Å². The van der Waals surface area contributed by atoms with Gasteiger partial charge in [0, 0.05) is 18.9 Å². The fraction of sp³-hybridized carbons (Fsp3) is 0.261. The van der Waals surface area contributed by atoms with Crippen molar-refractivity contribution in [3.05, 3.63) is 57.9 Å². The van der Waals surface area contributed by atoms with Crippen LogP contribution in [0.4, 0.5) is 0 Å². The number of esters is 1. The summed E-state index contributed by atoms with van der Waals surface area (Å²) in [5, 5.41) is 1.14. The SMILES string of the molecule is CCC(=O)Oc1cc2oc(CC)c(-c3nc4ccccc4s3)c(=O)c2cc1CC. The molecule has 4 rings (SSSR count). The highest BCUT2D eigenvalue weighted by Crippen LogP contribution is 2.34. The van der Waals surface area contributed by atoms with Crippen molar-refractivity contribution < 1.29 is 13.9 Å². The minimum absolute atomic E-state index is 0.106. The van der Waals surface area contributed by atoms with Crippen molar-refractivity contribution in [3.63, 3.8) is 0 Å². The van der Waals surface area contributed by atoms with Crippen LogP contribution in [0.15, 0.2) is 45.6 Å². The lowest BCUT2D eigenvalue weighted by Crippen LogP contribution is -2.11. The van der Waals surface area contributed by atoms with E-state index in [0.29, 0.717) is 45.9 Å². The lowest BCUT2D eigenvalue weighted by Gasteiger charge is -2.12. The van der Waals surface area contributed by atoms with Gasteiger partial charge in [0.2, 0.25) is 5.43 Å². The van der Waals surface area contributed by atoms with Gasteiger partial charge in [-0.05, 0) is 30.2 Å². The second-order valence-electron chi connectivity index (χ2n) is 6.71. The molecule has 29 heavy (non-hydrogen) atoms. The first-order valence-corrected chi connectivity index (χ1v) is 10.6. The van der Waals surface area contributed by atoms with Gasteiger partial charge >= 0.3 is 5.97 Å². The van der Waals surface area contributed by atoms with Crippen molar-refractivity contribution in [1.29, 1.82) is 0 Å². The number of ether oxygens (including phenoxy) is 1. The molecule has 148 valence electrons. The van der Waals surface area contributed by atoms with Crippen molar-refractivity contribution in [2.75, 3.05) is 0 Å². The zero-order valence-electron chi connectivity index (χ0n) is 16.6. The fourth-order valence-electron chi connectivity index (χ4n) is 3.32. The number of thiazole rings is 1. The molecule has 0 aliphatic heterocycles. The van der Waals surface area contributed by atoms with Crippen LogP contribution in [-0.4, -0.2) is 11.0 Å². The molecule has 2 aromatic carbocycles. The quantitative estimate of drug-likeness (QED) is 0.322. The van der Waals surface area contributed by atoms with E-state index < -0.39 is 0 Å². The van der Waals surface area contributed by atoms with Crippen molar-refractivity contribution in [2.24, 2.45) is 0 Å². The molecule has 0 radical (unpaired) electrons. The number of nitrogens with zero attached hydrogens (tertiary/aromatic N) is 1. The molecule has 2 heterocycles. The Hall–Kier alpha value is -2.99. The molecule has 0 N–H and O–H groups in total. The Labute approximate surface area is 172 Å². The van der Waals surface area contributed by atoms with Gasteiger partial charge in [-0.15, -0.1) is 11.3 Å². The molecule has 0 bridgehead atoms. The minimum atomic E-state index is -0.316. The summed E-state index contributed by atoms with van der Waals surface area (Å²) in [6.07, 6.45) is 1.46. The number of para-hydroxylation sites is 1. The third-order valence-electron chi connectivity index (χ3n) is 4.87. The van der Waals surface area contributed by atoms with Crippen LogP contribution in [0, 0.1) is 0 Å². The maximum Gasteiger partial charge on any atom is 0.310 e. The van der Waals surface area contributed by atoms with Gasteiger partial charge in [0.05, 0.1) is 21.2 Å². The van der Waals surface area contributed by atoms with Crippen molar-refractivity contribution in [1.82, 2.24) is 4.98 Å². The first kappa shape index (κ1) is 19.3. The van der Waals surface area contributed by atoms with Gasteiger partial charge in [0.1, 0.15) is 22.1 Å². The van der Waals surface area contributed by atoms with Crippen LogP contribution in [0.1, 0.15) is 38.5 Å². The Morgan fingerprint density at radius 3 is 2.62 bits per heavy atom. The molecule has 0 aliphatic carbocycles. The van der Waals surface area contributed by atoms with E-state index in [-0.39, 0.29) is 17.8 Å². The first-order chi connectivity index (χ1) is 14.0. The van der Waals surface area contributed by atoms with Gasteiger partial charge in [0.25, 0.3) is 0 Å². The van der Waals surface area contributed by atoms with Crippen molar-refractivity contribution in [2.45, 2.75) is 40.0 Å². The van der Waals surface area contributed by atoms with E-state index in [1.54, 1.807) is 19.1 Å². The Bertz CT molecular complexity index is 1250. The molecule has 0 fully saturated rings. The Kier molecular flexibility index (Phi) is 5.20. The van der Waals surface area contributed by atoms with Crippen LogP contribution in [0.3, 0.4) is 0 Å². The second-order valence-corrected chi connectivity index (χ2v) is 7.74. The number of hydrogen-bond donors (Lipinski definition) is 0. The van der Waals surface area contributed by atoms with Crippen LogP contribution in [0.5, 0.6) is 5.75 Å². The van der Waals surface area contributed by atoms with E-state index in [1.807, 2.05) is 38.1 Å². The molecule has 5 nitrogen and oxygen atoms in total. The summed E-state index contributed by atoms with van der Waals surface area (Å²) in [5.74, 6) is 0.714. The summed E-state index contributed by atoms with van der Waals surface area (Å²) in [4.78, 5) is 29.9. The Balaban J connectivity index is 1.96. The van der Waals surface area contributed by atoms with Crippen molar-refractivity contribution in [3.8, 4) is 16.3 Å². The maximum atomic E-state index is 13.4. The van der Waals surface area contributed by atoms with Gasteiger partial charge in [0.15, 0.2) is 0 Å². The van der Waals surface area contributed by atoms with E-state index >= 15 is 0 Å². The van der Waals surface area contributed by atoms with Crippen LogP contribution >= 0.6 is 11.3 Å². The lowest BCUT2D eigenvalue weighted by atomic mass is 10.0. The smallest absolute Gasteiger partial charge is 0.310 e. The van der Waals surface area contributed by atoms with Crippen LogP contribution in [0.2, 0.25) is 0 Å². The standard InChI is InChI=1S/C23H21NO4S/c1-4-13-11-14-18(12-17(13)28-20(25)6-3)27-16(5-2)21(22(14)26)23-24-15-9-7-8-10-19(15)29-23/h7-12H,4-6H2,1-3H3. The molecule has 0 spiro atoms. The van der Waals surface area contributed by atoms with Gasteiger partial charge in [-0.3, -0.25) is 9.59 Å². The molecule has 0 aliphatic rings. The van der Waals surface area contributed by atoms with E-state index in [1.165, 1.54) is 11.3 Å². The highest BCUT2D eigenvalue weighted by atomic mass is 32.1. The molecule has 0 saturated carbocycles. The highest BCUT2D eigenvalue weighted by molar-refractivity contribution is 7.21. The topological polar surface area (TPSA) is 69.4 Å². The molecule has 0 amide bonds. The zero-order chi connectivity index (χ0) is 20.5. The van der Waals surface area contributed by atoms with Crippen LogP contribution in [0.25, 0.3) is 31.8 Å². The van der Waals surface area contributed by atoms with E-state index in [4.69, 9.17) is 9.15 Å². The lowest BCUT2D eigenvalue weighted by molar-refractivity contribution is -0.134. The normalized spacial score (nSPS) is 11.3. The van der Waals surface area contributed by atoms with Gasteiger partial charge in [-0.2, -0.15) is 0 Å². The molecule has 2 aromatic heterocycles. The summed E-state index contributed by atoms with van der Waals surface area (Å²) < 4.78 is 12.6. The number of carbonyl (C=O) groups is 1. The number of aryl methyl sites for hydroxylation is 2. The predicted octanol–water partition coefficient (Wildman–Crippen LogP) is 5.51. The largest absolute Gasteiger partial charge is 0.460 e.